The Morgan fingerprint density at radius 1 is 1.22 bits per heavy atom. The molecule has 2 aromatic carbocycles. The molecule has 0 saturated carbocycles. The zero-order valence-electron chi connectivity index (χ0n) is 14.6. The van der Waals surface area contributed by atoms with E-state index in [9.17, 15) is 14.9 Å². The van der Waals surface area contributed by atoms with Crippen LogP contribution in [-0.2, 0) is 9.59 Å². The minimum absolute atomic E-state index is 0.0939. The zero-order chi connectivity index (χ0) is 19.2. The quantitative estimate of drug-likeness (QED) is 0.635. The van der Waals surface area contributed by atoms with Crippen molar-refractivity contribution in [1.82, 2.24) is 0 Å². The van der Waals surface area contributed by atoms with Crippen LogP contribution in [0.15, 0.2) is 65.2 Å². The first-order valence-electron chi connectivity index (χ1n) is 8.33. The highest BCUT2D eigenvalue weighted by Crippen LogP contribution is 2.36. The Kier molecular flexibility index (Phi) is 5.79. The predicted octanol–water partition coefficient (Wildman–Crippen LogP) is 3.54. The molecule has 1 saturated heterocycles. The van der Waals surface area contributed by atoms with Gasteiger partial charge < -0.3 is 10.1 Å². The maximum atomic E-state index is 12.6. The summed E-state index contributed by atoms with van der Waals surface area (Å²) in [6.07, 6.45) is 0. The van der Waals surface area contributed by atoms with E-state index in [1.54, 1.807) is 48.5 Å². The first kappa shape index (κ1) is 18.5. The molecule has 1 N–H and O–H groups in total. The van der Waals surface area contributed by atoms with E-state index in [1.165, 1.54) is 16.7 Å². The third-order valence-electron chi connectivity index (χ3n) is 3.78. The molecule has 6 nitrogen and oxygen atoms in total. The van der Waals surface area contributed by atoms with Crippen LogP contribution in [0.1, 0.15) is 6.92 Å². The number of amides is 2. The van der Waals surface area contributed by atoms with Crippen molar-refractivity contribution in [3.05, 3.63) is 65.2 Å². The highest BCUT2D eigenvalue weighted by molar-refractivity contribution is 8.04. The minimum Gasteiger partial charge on any atom is -0.494 e. The normalized spacial score (nSPS) is 15.3. The van der Waals surface area contributed by atoms with Crippen molar-refractivity contribution in [1.29, 1.82) is 5.26 Å². The number of thioether (sulfide) groups is 1. The van der Waals surface area contributed by atoms with Crippen molar-refractivity contribution in [2.75, 3.05) is 22.6 Å². The molecule has 0 atom stereocenters. The first-order valence-corrected chi connectivity index (χ1v) is 9.32. The molecule has 2 amide bonds. The predicted molar refractivity (Wildman–Crippen MR) is 105 cm³/mol. The van der Waals surface area contributed by atoms with Crippen LogP contribution in [0, 0.1) is 11.3 Å². The van der Waals surface area contributed by atoms with E-state index in [0.29, 0.717) is 28.8 Å². The number of carbonyl (C=O) groups excluding carboxylic acids is 2. The Morgan fingerprint density at radius 2 is 1.93 bits per heavy atom. The molecule has 1 aliphatic rings. The highest BCUT2D eigenvalue weighted by atomic mass is 32.2. The number of nitriles is 1. The fourth-order valence-electron chi connectivity index (χ4n) is 2.59. The summed E-state index contributed by atoms with van der Waals surface area (Å²) < 4.78 is 5.41. The lowest BCUT2D eigenvalue weighted by Gasteiger charge is -2.18. The SMILES string of the molecule is CCOc1ccc(N2C(=O)CS/C2=C(/C#N)C(=O)Nc2ccccc2)cc1. The van der Waals surface area contributed by atoms with Crippen molar-refractivity contribution < 1.29 is 14.3 Å². The molecule has 0 radical (unpaired) electrons. The first-order chi connectivity index (χ1) is 13.1. The van der Waals surface area contributed by atoms with Gasteiger partial charge in [-0.2, -0.15) is 5.26 Å². The van der Waals surface area contributed by atoms with Crippen molar-refractivity contribution in [3.63, 3.8) is 0 Å². The van der Waals surface area contributed by atoms with Crippen molar-refractivity contribution in [3.8, 4) is 11.8 Å². The molecule has 136 valence electrons. The van der Waals surface area contributed by atoms with Gasteiger partial charge in [-0.15, -0.1) is 0 Å². The number of anilines is 2. The summed E-state index contributed by atoms with van der Waals surface area (Å²) in [4.78, 5) is 26.4. The van der Waals surface area contributed by atoms with Gasteiger partial charge in [0.2, 0.25) is 5.91 Å². The van der Waals surface area contributed by atoms with Gasteiger partial charge in [0.15, 0.2) is 0 Å². The fourth-order valence-corrected chi connectivity index (χ4v) is 3.59. The smallest absolute Gasteiger partial charge is 0.269 e. The molecule has 1 fully saturated rings. The summed E-state index contributed by atoms with van der Waals surface area (Å²) in [7, 11) is 0. The van der Waals surface area contributed by atoms with Crippen LogP contribution in [0.5, 0.6) is 5.75 Å². The van der Waals surface area contributed by atoms with E-state index in [-0.39, 0.29) is 17.2 Å². The number of rotatable bonds is 5. The van der Waals surface area contributed by atoms with Crippen LogP contribution in [0.2, 0.25) is 0 Å². The average Bonchev–Trinajstić information content (AvgIpc) is 3.05. The molecule has 1 heterocycles. The Labute approximate surface area is 161 Å². The molecule has 7 heteroatoms. The maximum absolute atomic E-state index is 12.6. The Morgan fingerprint density at radius 3 is 2.56 bits per heavy atom. The van der Waals surface area contributed by atoms with Gasteiger partial charge >= 0.3 is 0 Å². The molecule has 0 bridgehead atoms. The molecule has 0 unspecified atom stereocenters. The standard InChI is InChI=1S/C20H17N3O3S/c1-2-26-16-10-8-15(9-11-16)23-18(24)13-27-20(23)17(12-21)19(25)22-14-6-4-3-5-7-14/h3-11H,2,13H2,1H3,(H,22,25)/b20-17-. The Hall–Kier alpha value is -3.24. The molecular weight excluding hydrogens is 362 g/mol. The molecule has 3 rings (SSSR count). The van der Waals surface area contributed by atoms with E-state index in [0.717, 1.165) is 0 Å². The third-order valence-corrected chi connectivity index (χ3v) is 4.83. The molecule has 1 aliphatic heterocycles. The monoisotopic (exact) mass is 379 g/mol. The van der Waals surface area contributed by atoms with Gasteiger partial charge in [0, 0.05) is 11.4 Å². The maximum Gasteiger partial charge on any atom is 0.269 e. The summed E-state index contributed by atoms with van der Waals surface area (Å²) >= 11 is 1.18. The number of carbonyl (C=O) groups is 2. The zero-order valence-corrected chi connectivity index (χ0v) is 15.5. The summed E-state index contributed by atoms with van der Waals surface area (Å²) in [6, 6.07) is 17.8. The molecule has 0 aromatic heterocycles. The van der Waals surface area contributed by atoms with Crippen molar-refractivity contribution >= 4 is 35.0 Å². The van der Waals surface area contributed by atoms with E-state index in [4.69, 9.17) is 4.74 Å². The average molecular weight is 379 g/mol. The summed E-state index contributed by atoms with van der Waals surface area (Å²) in [5.41, 5.74) is 1.07. The summed E-state index contributed by atoms with van der Waals surface area (Å²) in [6.45, 7) is 2.43. The van der Waals surface area contributed by atoms with Gasteiger partial charge in [-0.25, -0.2) is 0 Å². The lowest BCUT2D eigenvalue weighted by Crippen LogP contribution is -2.26. The van der Waals surface area contributed by atoms with E-state index < -0.39 is 5.91 Å². The second-order valence-electron chi connectivity index (χ2n) is 5.56. The molecule has 0 aliphatic carbocycles. The molecule has 27 heavy (non-hydrogen) atoms. The van der Waals surface area contributed by atoms with E-state index >= 15 is 0 Å². The number of benzene rings is 2. The van der Waals surface area contributed by atoms with Gasteiger partial charge in [-0.1, -0.05) is 30.0 Å². The minimum atomic E-state index is -0.545. The Balaban J connectivity index is 1.92. The lowest BCUT2D eigenvalue weighted by molar-refractivity contribution is -0.115. The molecular formula is C20H17N3O3S. The van der Waals surface area contributed by atoms with Gasteiger partial charge in [-0.3, -0.25) is 14.5 Å². The second kappa shape index (κ2) is 8.43. The number of nitrogens with one attached hydrogen (secondary N) is 1. The second-order valence-corrected chi connectivity index (χ2v) is 6.52. The van der Waals surface area contributed by atoms with Crippen LogP contribution >= 0.6 is 11.8 Å². The van der Waals surface area contributed by atoms with Crippen molar-refractivity contribution in [2.45, 2.75) is 6.92 Å². The number of hydrogen-bond acceptors (Lipinski definition) is 5. The van der Waals surface area contributed by atoms with Gasteiger partial charge in [0.25, 0.3) is 5.91 Å². The largest absolute Gasteiger partial charge is 0.494 e. The number of nitrogens with zero attached hydrogens (tertiary/aromatic N) is 2. The van der Waals surface area contributed by atoms with Gasteiger partial charge in [0.05, 0.1) is 12.4 Å². The van der Waals surface area contributed by atoms with Gasteiger partial charge in [0.1, 0.15) is 22.4 Å². The van der Waals surface area contributed by atoms with Crippen LogP contribution < -0.4 is 15.0 Å². The van der Waals surface area contributed by atoms with Crippen LogP contribution in [0.25, 0.3) is 0 Å². The van der Waals surface area contributed by atoms with Crippen LogP contribution in [0.3, 0.4) is 0 Å². The topological polar surface area (TPSA) is 82.4 Å². The summed E-state index contributed by atoms with van der Waals surface area (Å²) in [5, 5.41) is 12.6. The fraction of sp³-hybridized carbons (Fsp3) is 0.150. The lowest BCUT2D eigenvalue weighted by atomic mass is 10.2. The van der Waals surface area contributed by atoms with Crippen LogP contribution in [-0.4, -0.2) is 24.2 Å². The van der Waals surface area contributed by atoms with Crippen LogP contribution in [0.4, 0.5) is 11.4 Å². The molecule has 0 spiro atoms. The summed E-state index contributed by atoms with van der Waals surface area (Å²) in [5.74, 6) is 0.136. The molecule has 2 aromatic rings. The highest BCUT2D eigenvalue weighted by Gasteiger charge is 2.33. The van der Waals surface area contributed by atoms with E-state index in [1.807, 2.05) is 19.1 Å². The number of ether oxygens (including phenoxy) is 1. The third kappa shape index (κ3) is 4.13. The number of para-hydroxylation sites is 1. The van der Waals surface area contributed by atoms with E-state index in [2.05, 4.69) is 5.32 Å². The van der Waals surface area contributed by atoms with Gasteiger partial charge in [-0.05, 0) is 43.3 Å². The Bertz CT molecular complexity index is 918. The number of hydrogen-bond donors (Lipinski definition) is 1. The van der Waals surface area contributed by atoms with Crippen molar-refractivity contribution in [2.24, 2.45) is 0 Å².